The van der Waals surface area contributed by atoms with Gasteiger partial charge in [0.1, 0.15) is 0 Å². The maximum absolute atomic E-state index is 9.70. The fourth-order valence-corrected chi connectivity index (χ4v) is 2.93. The minimum absolute atomic E-state index is 0.219. The molecule has 2 fully saturated rings. The van der Waals surface area contributed by atoms with Gasteiger partial charge in [0.25, 0.3) is 0 Å². The van der Waals surface area contributed by atoms with Crippen molar-refractivity contribution in [3.8, 4) is 11.5 Å². The van der Waals surface area contributed by atoms with Crippen molar-refractivity contribution in [1.29, 1.82) is 0 Å². The van der Waals surface area contributed by atoms with E-state index in [0.717, 1.165) is 18.2 Å². The predicted molar refractivity (Wildman–Crippen MR) is 79.1 cm³/mol. The molecule has 4 heteroatoms. The molecule has 1 aromatic carbocycles. The van der Waals surface area contributed by atoms with Gasteiger partial charge in [-0.1, -0.05) is 6.07 Å². The molecule has 1 aliphatic carbocycles. The van der Waals surface area contributed by atoms with Crippen LogP contribution in [0.25, 0.3) is 0 Å². The van der Waals surface area contributed by atoms with Gasteiger partial charge in [-0.25, -0.2) is 0 Å². The summed E-state index contributed by atoms with van der Waals surface area (Å²) in [7, 11) is 0. The number of likely N-dealkylation sites (tertiary alicyclic amines) is 1. The van der Waals surface area contributed by atoms with E-state index in [9.17, 15) is 5.11 Å². The molecule has 110 valence electrons. The first kappa shape index (κ1) is 13.7. The first-order valence-corrected chi connectivity index (χ1v) is 7.68. The fraction of sp³-hybridized carbons (Fsp3) is 0.625. The average molecular weight is 276 g/mol. The fourth-order valence-electron chi connectivity index (χ4n) is 2.93. The van der Waals surface area contributed by atoms with E-state index in [0.29, 0.717) is 18.4 Å². The Morgan fingerprint density at radius 1 is 1.35 bits per heavy atom. The minimum atomic E-state index is 0.219. The number of benzene rings is 1. The number of phenolic OH excluding ortho intramolecular Hbond substituents is 1. The van der Waals surface area contributed by atoms with Gasteiger partial charge in [-0.3, -0.25) is 4.90 Å². The molecular weight excluding hydrogens is 252 g/mol. The largest absolute Gasteiger partial charge is 0.504 e. The Kier molecular flexibility index (Phi) is 4.13. The zero-order chi connectivity index (χ0) is 13.9. The summed E-state index contributed by atoms with van der Waals surface area (Å²) in [6.45, 7) is 5.76. The van der Waals surface area contributed by atoms with Crippen molar-refractivity contribution < 1.29 is 9.84 Å². The van der Waals surface area contributed by atoms with Crippen LogP contribution in [0.1, 0.15) is 31.7 Å². The maximum Gasteiger partial charge on any atom is 0.161 e. The van der Waals surface area contributed by atoms with Crippen LogP contribution in [-0.2, 0) is 6.54 Å². The molecule has 1 saturated heterocycles. The summed E-state index contributed by atoms with van der Waals surface area (Å²) in [5, 5.41) is 13.3. The van der Waals surface area contributed by atoms with Crippen LogP contribution in [0.5, 0.6) is 11.5 Å². The lowest BCUT2D eigenvalue weighted by atomic mass is 10.2. The van der Waals surface area contributed by atoms with Gasteiger partial charge in [0.15, 0.2) is 11.5 Å². The van der Waals surface area contributed by atoms with Crippen LogP contribution >= 0.6 is 0 Å². The van der Waals surface area contributed by atoms with Crippen LogP contribution in [0, 0.1) is 0 Å². The van der Waals surface area contributed by atoms with Gasteiger partial charge in [0, 0.05) is 31.7 Å². The summed E-state index contributed by atoms with van der Waals surface area (Å²) in [5.41, 5.74) is 1.16. The highest BCUT2D eigenvalue weighted by molar-refractivity contribution is 5.41. The first-order valence-electron chi connectivity index (χ1n) is 7.68. The van der Waals surface area contributed by atoms with E-state index in [2.05, 4.69) is 10.2 Å². The Labute approximate surface area is 120 Å². The number of hydrogen-bond donors (Lipinski definition) is 2. The molecule has 20 heavy (non-hydrogen) atoms. The van der Waals surface area contributed by atoms with E-state index in [4.69, 9.17) is 4.74 Å². The Morgan fingerprint density at radius 3 is 2.95 bits per heavy atom. The normalized spacial score (nSPS) is 23.1. The highest BCUT2D eigenvalue weighted by Crippen LogP contribution is 2.30. The molecule has 3 rings (SSSR count). The van der Waals surface area contributed by atoms with Crippen LogP contribution in [0.4, 0.5) is 0 Å². The summed E-state index contributed by atoms with van der Waals surface area (Å²) >= 11 is 0. The van der Waals surface area contributed by atoms with Gasteiger partial charge in [0.2, 0.25) is 0 Å². The Balaban J connectivity index is 1.51. The standard InChI is InChI=1S/C16H24N2O2/c1-2-20-16-9-12(3-6-15(16)19)10-17-13-7-8-18(11-13)14-4-5-14/h3,6,9,13-14,17,19H,2,4-5,7-8,10-11H2,1H3. The third kappa shape index (κ3) is 3.25. The average Bonchev–Trinajstić information content (AvgIpc) is 3.19. The molecule has 1 unspecified atom stereocenters. The molecule has 4 nitrogen and oxygen atoms in total. The van der Waals surface area contributed by atoms with Crippen molar-refractivity contribution in [2.24, 2.45) is 0 Å². The molecule has 0 aromatic heterocycles. The van der Waals surface area contributed by atoms with E-state index in [1.807, 2.05) is 19.1 Å². The number of rotatable bonds is 6. The molecule has 1 saturated carbocycles. The summed E-state index contributed by atoms with van der Waals surface area (Å²) in [6.07, 6.45) is 4.03. The molecule has 1 atom stereocenters. The Hall–Kier alpha value is -1.26. The highest BCUT2D eigenvalue weighted by Gasteiger charge is 2.33. The molecule has 1 aliphatic heterocycles. The van der Waals surface area contributed by atoms with Gasteiger partial charge in [-0.2, -0.15) is 0 Å². The van der Waals surface area contributed by atoms with E-state index >= 15 is 0 Å². The maximum atomic E-state index is 9.70. The van der Waals surface area contributed by atoms with Gasteiger partial charge >= 0.3 is 0 Å². The summed E-state index contributed by atoms with van der Waals surface area (Å²) in [4.78, 5) is 2.61. The molecule has 0 amide bonds. The quantitative estimate of drug-likeness (QED) is 0.835. The van der Waals surface area contributed by atoms with E-state index in [1.165, 1.54) is 32.4 Å². The minimum Gasteiger partial charge on any atom is -0.504 e. The molecule has 2 N–H and O–H groups in total. The van der Waals surface area contributed by atoms with Crippen LogP contribution < -0.4 is 10.1 Å². The van der Waals surface area contributed by atoms with Gasteiger partial charge in [-0.15, -0.1) is 0 Å². The number of ether oxygens (including phenoxy) is 1. The SMILES string of the molecule is CCOc1cc(CNC2CCN(C3CC3)C2)ccc1O. The van der Waals surface area contributed by atoms with Crippen molar-refractivity contribution in [2.75, 3.05) is 19.7 Å². The second-order valence-corrected chi connectivity index (χ2v) is 5.83. The summed E-state index contributed by atoms with van der Waals surface area (Å²) in [5.74, 6) is 0.800. The summed E-state index contributed by atoms with van der Waals surface area (Å²) in [6, 6.07) is 7.07. The second kappa shape index (κ2) is 6.02. The second-order valence-electron chi connectivity index (χ2n) is 5.83. The molecule has 2 aliphatic rings. The lowest BCUT2D eigenvalue weighted by molar-refractivity contribution is 0.315. The van der Waals surface area contributed by atoms with Crippen molar-refractivity contribution in [3.05, 3.63) is 23.8 Å². The van der Waals surface area contributed by atoms with Crippen LogP contribution in [0.15, 0.2) is 18.2 Å². The Morgan fingerprint density at radius 2 is 2.20 bits per heavy atom. The zero-order valence-corrected chi connectivity index (χ0v) is 12.1. The van der Waals surface area contributed by atoms with E-state index < -0.39 is 0 Å². The third-order valence-corrected chi connectivity index (χ3v) is 4.20. The first-order chi connectivity index (χ1) is 9.76. The van der Waals surface area contributed by atoms with Crippen LogP contribution in [0.2, 0.25) is 0 Å². The number of hydrogen-bond acceptors (Lipinski definition) is 4. The van der Waals surface area contributed by atoms with E-state index in [-0.39, 0.29) is 5.75 Å². The Bertz CT molecular complexity index is 460. The third-order valence-electron chi connectivity index (χ3n) is 4.20. The van der Waals surface area contributed by atoms with Crippen molar-refractivity contribution >= 4 is 0 Å². The van der Waals surface area contributed by atoms with Crippen LogP contribution in [0.3, 0.4) is 0 Å². The number of aromatic hydroxyl groups is 1. The molecular formula is C16H24N2O2. The number of nitrogens with zero attached hydrogens (tertiary/aromatic N) is 1. The van der Waals surface area contributed by atoms with Crippen LogP contribution in [-0.4, -0.2) is 41.8 Å². The smallest absolute Gasteiger partial charge is 0.161 e. The number of phenols is 1. The summed E-state index contributed by atoms with van der Waals surface area (Å²) < 4.78 is 5.42. The number of nitrogens with one attached hydrogen (secondary N) is 1. The monoisotopic (exact) mass is 276 g/mol. The van der Waals surface area contributed by atoms with Crippen molar-refractivity contribution in [1.82, 2.24) is 10.2 Å². The molecule has 1 aromatic rings. The molecule has 1 heterocycles. The van der Waals surface area contributed by atoms with Gasteiger partial charge in [0.05, 0.1) is 6.61 Å². The van der Waals surface area contributed by atoms with Crippen molar-refractivity contribution in [2.45, 2.75) is 44.8 Å². The predicted octanol–water partition coefficient (Wildman–Crippen LogP) is 2.12. The van der Waals surface area contributed by atoms with Gasteiger partial charge in [-0.05, 0) is 43.9 Å². The molecule has 0 radical (unpaired) electrons. The lowest BCUT2D eigenvalue weighted by Gasteiger charge is -2.16. The van der Waals surface area contributed by atoms with Crippen molar-refractivity contribution in [3.63, 3.8) is 0 Å². The van der Waals surface area contributed by atoms with E-state index in [1.54, 1.807) is 6.07 Å². The lowest BCUT2D eigenvalue weighted by Crippen LogP contribution is -2.32. The molecule has 0 bridgehead atoms. The molecule has 0 spiro atoms. The van der Waals surface area contributed by atoms with Gasteiger partial charge < -0.3 is 15.2 Å². The topological polar surface area (TPSA) is 44.7 Å². The zero-order valence-electron chi connectivity index (χ0n) is 12.1. The highest BCUT2D eigenvalue weighted by atomic mass is 16.5.